The van der Waals surface area contributed by atoms with Gasteiger partial charge in [0.2, 0.25) is 0 Å². The van der Waals surface area contributed by atoms with Crippen LogP contribution < -0.4 is 5.32 Å². The van der Waals surface area contributed by atoms with Crippen molar-refractivity contribution in [3.8, 4) is 0 Å². The minimum Gasteiger partial charge on any atom is -0.316 e. The molecule has 1 saturated heterocycles. The summed E-state index contributed by atoms with van der Waals surface area (Å²) in [7, 11) is 0. The van der Waals surface area contributed by atoms with Crippen LogP contribution in [0.1, 0.15) is 29.4 Å². The summed E-state index contributed by atoms with van der Waals surface area (Å²) >= 11 is 6.11. The molecule has 2 aromatic rings. The summed E-state index contributed by atoms with van der Waals surface area (Å²) in [4.78, 5) is 0. The van der Waals surface area contributed by atoms with Crippen molar-refractivity contribution in [2.24, 2.45) is 0 Å². The summed E-state index contributed by atoms with van der Waals surface area (Å²) in [5.74, 6) is 0.507. The van der Waals surface area contributed by atoms with Crippen molar-refractivity contribution in [3.05, 3.63) is 70.5 Å². The molecule has 1 N–H and O–H groups in total. The van der Waals surface area contributed by atoms with Crippen LogP contribution in [0.4, 0.5) is 4.39 Å². The molecular weight excluding hydrogens is 273 g/mol. The summed E-state index contributed by atoms with van der Waals surface area (Å²) in [6, 6.07) is 15.0. The summed E-state index contributed by atoms with van der Waals surface area (Å²) < 4.78 is 13.5. The Morgan fingerprint density at radius 3 is 2.50 bits per heavy atom. The zero-order valence-electron chi connectivity index (χ0n) is 11.2. The normalized spacial score (nSPS) is 22.7. The number of hydrogen-bond donors (Lipinski definition) is 1. The average molecular weight is 290 g/mol. The molecule has 2 unspecified atom stereocenters. The van der Waals surface area contributed by atoms with Crippen LogP contribution in [0.15, 0.2) is 48.5 Å². The number of nitrogens with one attached hydrogen (secondary N) is 1. The Bertz CT molecular complexity index is 546. The molecule has 0 spiro atoms. The molecule has 1 aliphatic heterocycles. The molecule has 3 heteroatoms. The molecular formula is C17H17ClFN. The van der Waals surface area contributed by atoms with E-state index in [1.807, 2.05) is 24.3 Å². The number of hydrogen-bond acceptors (Lipinski definition) is 1. The fourth-order valence-electron chi connectivity index (χ4n) is 3.08. The molecule has 0 bridgehead atoms. The molecule has 0 aliphatic carbocycles. The molecule has 0 radical (unpaired) electrons. The van der Waals surface area contributed by atoms with Crippen molar-refractivity contribution >= 4 is 11.6 Å². The molecule has 20 heavy (non-hydrogen) atoms. The molecule has 1 nitrogen and oxygen atoms in total. The number of halogens is 2. The lowest BCUT2D eigenvalue weighted by Crippen LogP contribution is -2.34. The van der Waals surface area contributed by atoms with E-state index in [-0.39, 0.29) is 11.7 Å². The summed E-state index contributed by atoms with van der Waals surface area (Å²) in [5.41, 5.74) is 2.30. The SMILES string of the molecule is Fc1cccc(C2CNCCC2c2cccc(Cl)c2)c1. The van der Waals surface area contributed by atoms with Crippen LogP contribution in [0, 0.1) is 5.82 Å². The second-order valence-corrected chi connectivity index (χ2v) is 5.75. The van der Waals surface area contributed by atoms with E-state index in [0.29, 0.717) is 5.92 Å². The third-order valence-corrected chi connectivity index (χ3v) is 4.27. The van der Waals surface area contributed by atoms with Gasteiger partial charge in [-0.25, -0.2) is 4.39 Å². The van der Waals surface area contributed by atoms with Crippen molar-refractivity contribution < 1.29 is 4.39 Å². The lowest BCUT2D eigenvalue weighted by atomic mass is 9.77. The minimum absolute atomic E-state index is 0.169. The molecule has 2 atom stereocenters. The fourth-order valence-corrected chi connectivity index (χ4v) is 3.28. The van der Waals surface area contributed by atoms with E-state index in [0.717, 1.165) is 30.1 Å². The van der Waals surface area contributed by atoms with Crippen LogP contribution >= 0.6 is 11.6 Å². The van der Waals surface area contributed by atoms with Gasteiger partial charge in [-0.1, -0.05) is 35.9 Å². The number of benzene rings is 2. The van der Waals surface area contributed by atoms with E-state index in [9.17, 15) is 4.39 Å². The predicted octanol–water partition coefficient (Wildman–Crippen LogP) is 4.34. The van der Waals surface area contributed by atoms with Gasteiger partial charge in [0.05, 0.1) is 0 Å². The van der Waals surface area contributed by atoms with E-state index < -0.39 is 0 Å². The molecule has 1 aliphatic rings. The molecule has 3 rings (SSSR count). The molecule has 1 fully saturated rings. The van der Waals surface area contributed by atoms with Crippen molar-refractivity contribution in [2.75, 3.05) is 13.1 Å². The van der Waals surface area contributed by atoms with Gasteiger partial charge in [-0.15, -0.1) is 0 Å². The first-order valence-corrected chi connectivity index (χ1v) is 7.33. The lowest BCUT2D eigenvalue weighted by Gasteiger charge is -2.33. The van der Waals surface area contributed by atoms with Crippen molar-refractivity contribution in [1.29, 1.82) is 0 Å². The first-order chi connectivity index (χ1) is 9.74. The minimum atomic E-state index is -0.169. The second-order valence-electron chi connectivity index (χ2n) is 5.32. The molecule has 0 saturated carbocycles. The molecule has 1 heterocycles. The Hall–Kier alpha value is -1.38. The van der Waals surface area contributed by atoms with Gasteiger partial charge in [0.15, 0.2) is 0 Å². The Balaban J connectivity index is 1.95. The Morgan fingerprint density at radius 2 is 1.75 bits per heavy atom. The smallest absolute Gasteiger partial charge is 0.123 e. The standard InChI is InChI=1S/C17H17ClFN/c18-14-5-1-3-12(9-14)16-7-8-20-11-17(16)13-4-2-6-15(19)10-13/h1-6,9-10,16-17,20H,7-8,11H2. The van der Waals surface area contributed by atoms with Crippen molar-refractivity contribution in [3.63, 3.8) is 0 Å². The highest BCUT2D eigenvalue weighted by molar-refractivity contribution is 6.30. The van der Waals surface area contributed by atoms with Gasteiger partial charge in [-0.05, 0) is 54.3 Å². The highest BCUT2D eigenvalue weighted by atomic mass is 35.5. The topological polar surface area (TPSA) is 12.0 Å². The van der Waals surface area contributed by atoms with Crippen LogP contribution in [-0.4, -0.2) is 13.1 Å². The average Bonchev–Trinajstić information content (AvgIpc) is 2.47. The van der Waals surface area contributed by atoms with Gasteiger partial charge in [0.1, 0.15) is 5.82 Å². The monoisotopic (exact) mass is 289 g/mol. The highest BCUT2D eigenvalue weighted by Crippen LogP contribution is 2.38. The lowest BCUT2D eigenvalue weighted by molar-refractivity contribution is 0.403. The van der Waals surface area contributed by atoms with E-state index in [1.54, 1.807) is 12.1 Å². The van der Waals surface area contributed by atoms with E-state index in [2.05, 4.69) is 11.4 Å². The van der Waals surface area contributed by atoms with E-state index in [1.165, 1.54) is 11.6 Å². The van der Waals surface area contributed by atoms with Gasteiger partial charge in [0, 0.05) is 17.5 Å². The van der Waals surface area contributed by atoms with Crippen LogP contribution in [0.5, 0.6) is 0 Å². The van der Waals surface area contributed by atoms with Crippen molar-refractivity contribution in [1.82, 2.24) is 5.32 Å². The van der Waals surface area contributed by atoms with Crippen molar-refractivity contribution in [2.45, 2.75) is 18.3 Å². The van der Waals surface area contributed by atoms with Crippen LogP contribution in [0.3, 0.4) is 0 Å². The first-order valence-electron chi connectivity index (χ1n) is 6.95. The van der Waals surface area contributed by atoms with Crippen LogP contribution in [0.25, 0.3) is 0 Å². The van der Waals surface area contributed by atoms with Gasteiger partial charge in [-0.3, -0.25) is 0 Å². The Labute approximate surface area is 123 Å². The number of rotatable bonds is 2. The van der Waals surface area contributed by atoms with Crippen LogP contribution in [-0.2, 0) is 0 Å². The quantitative estimate of drug-likeness (QED) is 0.867. The van der Waals surface area contributed by atoms with E-state index in [4.69, 9.17) is 11.6 Å². The third kappa shape index (κ3) is 2.87. The van der Waals surface area contributed by atoms with Gasteiger partial charge < -0.3 is 5.32 Å². The van der Waals surface area contributed by atoms with E-state index >= 15 is 0 Å². The maximum absolute atomic E-state index is 13.5. The summed E-state index contributed by atoms with van der Waals surface area (Å²) in [6.07, 6.45) is 1.04. The fraction of sp³-hybridized carbons (Fsp3) is 0.294. The number of piperidine rings is 1. The summed E-state index contributed by atoms with van der Waals surface area (Å²) in [5, 5.41) is 4.17. The zero-order chi connectivity index (χ0) is 13.9. The highest BCUT2D eigenvalue weighted by Gasteiger charge is 2.27. The largest absolute Gasteiger partial charge is 0.316 e. The van der Waals surface area contributed by atoms with Gasteiger partial charge in [0.25, 0.3) is 0 Å². The second kappa shape index (κ2) is 5.94. The summed E-state index contributed by atoms with van der Waals surface area (Å²) in [6.45, 7) is 1.86. The molecule has 0 amide bonds. The third-order valence-electron chi connectivity index (χ3n) is 4.04. The maximum atomic E-state index is 13.5. The Morgan fingerprint density at radius 1 is 1.00 bits per heavy atom. The predicted molar refractivity (Wildman–Crippen MR) is 80.8 cm³/mol. The van der Waals surface area contributed by atoms with Gasteiger partial charge >= 0.3 is 0 Å². The zero-order valence-corrected chi connectivity index (χ0v) is 11.9. The molecule has 2 aromatic carbocycles. The molecule has 104 valence electrons. The molecule has 0 aromatic heterocycles. The van der Waals surface area contributed by atoms with Gasteiger partial charge in [-0.2, -0.15) is 0 Å². The maximum Gasteiger partial charge on any atom is 0.123 e. The van der Waals surface area contributed by atoms with Crippen LogP contribution in [0.2, 0.25) is 5.02 Å². The first kappa shape index (κ1) is 13.6. The Kier molecular flexibility index (Phi) is 4.04.